The molecule has 21 heavy (non-hydrogen) atoms. The van der Waals surface area contributed by atoms with Crippen LogP contribution in [0, 0.1) is 13.8 Å². The van der Waals surface area contributed by atoms with Crippen LogP contribution in [-0.4, -0.2) is 30.6 Å². The Morgan fingerprint density at radius 3 is 2.57 bits per heavy atom. The minimum absolute atomic E-state index is 0.104. The average Bonchev–Trinajstić information content (AvgIpc) is 2.96. The molecule has 0 N–H and O–H groups in total. The topological polar surface area (TPSA) is 29.5 Å². The summed E-state index contributed by atoms with van der Waals surface area (Å²) in [6.45, 7) is 10.9. The molecular formula is C18H27NO2. The molecule has 0 spiro atoms. The lowest BCUT2D eigenvalue weighted by molar-refractivity contribution is -0.146. The van der Waals surface area contributed by atoms with Crippen LogP contribution >= 0.6 is 0 Å². The number of carbonyl (C=O) groups is 1. The molecule has 1 aliphatic heterocycles. The van der Waals surface area contributed by atoms with Gasteiger partial charge in [-0.3, -0.25) is 9.69 Å². The second-order valence-electron chi connectivity index (χ2n) is 6.27. The number of hydrogen-bond donors (Lipinski definition) is 0. The molecule has 0 amide bonds. The second-order valence-corrected chi connectivity index (χ2v) is 6.27. The fourth-order valence-electron chi connectivity index (χ4n) is 3.40. The van der Waals surface area contributed by atoms with Crippen LogP contribution in [0.15, 0.2) is 18.2 Å². The highest BCUT2D eigenvalue weighted by molar-refractivity contribution is 5.71. The van der Waals surface area contributed by atoms with Crippen LogP contribution in [-0.2, 0) is 15.1 Å². The normalized spacial score (nSPS) is 18.5. The van der Waals surface area contributed by atoms with Gasteiger partial charge >= 0.3 is 5.97 Å². The van der Waals surface area contributed by atoms with E-state index in [1.54, 1.807) is 0 Å². The molecule has 1 fully saturated rings. The molecule has 2 rings (SSSR count). The summed E-state index contributed by atoms with van der Waals surface area (Å²) in [4.78, 5) is 14.6. The molecule has 116 valence electrons. The van der Waals surface area contributed by atoms with E-state index in [9.17, 15) is 4.79 Å². The number of likely N-dealkylation sites (tertiary alicyclic amines) is 1. The Morgan fingerprint density at radius 1 is 1.29 bits per heavy atom. The minimum atomic E-state index is -0.265. The van der Waals surface area contributed by atoms with Crippen molar-refractivity contribution >= 4 is 5.97 Å². The van der Waals surface area contributed by atoms with E-state index in [2.05, 4.69) is 43.9 Å². The van der Waals surface area contributed by atoms with Crippen LogP contribution in [0.5, 0.6) is 0 Å². The van der Waals surface area contributed by atoms with Crippen LogP contribution in [0.25, 0.3) is 0 Å². The largest absolute Gasteiger partial charge is 0.466 e. The van der Waals surface area contributed by atoms with Crippen molar-refractivity contribution in [3.05, 3.63) is 34.9 Å². The van der Waals surface area contributed by atoms with Gasteiger partial charge in [0.15, 0.2) is 0 Å². The number of aryl methyl sites for hydroxylation is 2. The van der Waals surface area contributed by atoms with Gasteiger partial charge in [0.2, 0.25) is 0 Å². The number of rotatable bonds is 5. The summed E-state index contributed by atoms with van der Waals surface area (Å²) >= 11 is 0. The van der Waals surface area contributed by atoms with E-state index >= 15 is 0 Å². The van der Waals surface area contributed by atoms with Crippen molar-refractivity contribution in [3.63, 3.8) is 0 Å². The number of benzene rings is 1. The predicted octanol–water partition coefficient (Wildman–Crippen LogP) is 3.57. The van der Waals surface area contributed by atoms with Crippen LogP contribution in [0.2, 0.25) is 0 Å². The molecule has 1 unspecified atom stereocenters. The summed E-state index contributed by atoms with van der Waals surface area (Å²) in [7, 11) is 0. The van der Waals surface area contributed by atoms with Crippen LogP contribution in [0.4, 0.5) is 0 Å². The fraction of sp³-hybridized carbons (Fsp3) is 0.611. The van der Waals surface area contributed by atoms with Crippen molar-refractivity contribution in [2.24, 2.45) is 0 Å². The maximum absolute atomic E-state index is 12.1. The van der Waals surface area contributed by atoms with Crippen LogP contribution in [0.3, 0.4) is 0 Å². The highest BCUT2D eigenvalue weighted by atomic mass is 16.5. The van der Waals surface area contributed by atoms with Gasteiger partial charge in [-0.15, -0.1) is 0 Å². The summed E-state index contributed by atoms with van der Waals surface area (Å²) in [5.41, 5.74) is 3.49. The summed E-state index contributed by atoms with van der Waals surface area (Å²) < 4.78 is 5.22. The second kappa shape index (κ2) is 6.61. The van der Waals surface area contributed by atoms with Crippen molar-refractivity contribution in [1.29, 1.82) is 0 Å². The quantitative estimate of drug-likeness (QED) is 0.776. The first kappa shape index (κ1) is 16.0. The van der Waals surface area contributed by atoms with Crippen molar-refractivity contribution in [2.75, 3.05) is 19.7 Å². The van der Waals surface area contributed by atoms with E-state index in [0.29, 0.717) is 13.0 Å². The molecular weight excluding hydrogens is 262 g/mol. The third kappa shape index (κ3) is 3.46. The van der Waals surface area contributed by atoms with Gasteiger partial charge in [-0.2, -0.15) is 0 Å². The summed E-state index contributed by atoms with van der Waals surface area (Å²) in [6.07, 6.45) is 2.84. The van der Waals surface area contributed by atoms with Gasteiger partial charge in [-0.05, 0) is 64.8 Å². The highest BCUT2D eigenvalue weighted by Crippen LogP contribution is 2.37. The lowest BCUT2D eigenvalue weighted by Crippen LogP contribution is -2.44. The molecule has 3 heteroatoms. The van der Waals surface area contributed by atoms with E-state index in [-0.39, 0.29) is 11.5 Å². The van der Waals surface area contributed by atoms with Gasteiger partial charge in [0, 0.05) is 0 Å². The number of nitrogens with zero attached hydrogens (tertiary/aromatic N) is 1. The van der Waals surface area contributed by atoms with Crippen molar-refractivity contribution in [3.8, 4) is 0 Å². The maximum atomic E-state index is 12.1. The maximum Gasteiger partial charge on any atom is 0.307 e. The predicted molar refractivity (Wildman–Crippen MR) is 85.3 cm³/mol. The van der Waals surface area contributed by atoms with E-state index < -0.39 is 0 Å². The van der Waals surface area contributed by atoms with E-state index in [0.717, 1.165) is 13.1 Å². The molecule has 1 aromatic rings. The average molecular weight is 289 g/mol. The zero-order valence-electron chi connectivity index (χ0n) is 13.7. The van der Waals surface area contributed by atoms with Gasteiger partial charge in [-0.1, -0.05) is 23.8 Å². The Morgan fingerprint density at radius 2 is 1.95 bits per heavy atom. The molecule has 1 aliphatic rings. The lowest BCUT2D eigenvalue weighted by Gasteiger charge is -2.40. The van der Waals surface area contributed by atoms with E-state index in [1.165, 1.54) is 29.5 Å². The number of hydrogen-bond acceptors (Lipinski definition) is 3. The summed E-state index contributed by atoms with van der Waals surface area (Å²) in [5, 5.41) is 0. The molecule has 1 aromatic carbocycles. The molecule has 0 radical (unpaired) electrons. The highest BCUT2D eigenvalue weighted by Gasteiger charge is 2.38. The monoisotopic (exact) mass is 289 g/mol. The summed E-state index contributed by atoms with van der Waals surface area (Å²) in [6, 6.07) is 6.52. The fourth-order valence-corrected chi connectivity index (χ4v) is 3.40. The number of carbonyl (C=O) groups excluding carboxylic acids is 1. The Balaban J connectivity index is 2.39. The van der Waals surface area contributed by atoms with Crippen LogP contribution in [0.1, 0.15) is 49.8 Å². The first-order chi connectivity index (χ1) is 9.97. The van der Waals surface area contributed by atoms with Gasteiger partial charge in [0.1, 0.15) is 0 Å². The summed E-state index contributed by atoms with van der Waals surface area (Å²) in [5.74, 6) is -0.104. The minimum Gasteiger partial charge on any atom is -0.466 e. The Kier molecular flexibility index (Phi) is 5.04. The molecule has 1 heterocycles. The standard InChI is InChI=1S/C18H27NO2/c1-5-21-17(20)13-18(4,19-10-6-7-11-19)16-12-14(2)8-9-15(16)3/h8-9,12H,5-7,10-11,13H2,1-4H3. The van der Waals surface area contributed by atoms with Crippen molar-refractivity contribution in [1.82, 2.24) is 4.90 Å². The first-order valence-electron chi connectivity index (χ1n) is 7.96. The zero-order chi connectivity index (χ0) is 15.5. The molecule has 0 aromatic heterocycles. The molecule has 0 aliphatic carbocycles. The van der Waals surface area contributed by atoms with Gasteiger partial charge in [0.05, 0.1) is 18.6 Å². The van der Waals surface area contributed by atoms with Gasteiger partial charge < -0.3 is 4.74 Å². The third-order valence-electron chi connectivity index (χ3n) is 4.57. The first-order valence-corrected chi connectivity index (χ1v) is 7.96. The molecule has 3 nitrogen and oxygen atoms in total. The molecule has 1 atom stereocenters. The van der Waals surface area contributed by atoms with Gasteiger partial charge in [-0.25, -0.2) is 0 Å². The molecule has 1 saturated heterocycles. The van der Waals surface area contributed by atoms with E-state index in [4.69, 9.17) is 4.74 Å². The number of ether oxygens (including phenoxy) is 1. The molecule has 0 saturated carbocycles. The van der Waals surface area contributed by atoms with Crippen LogP contribution < -0.4 is 0 Å². The van der Waals surface area contributed by atoms with Crippen molar-refractivity contribution < 1.29 is 9.53 Å². The smallest absolute Gasteiger partial charge is 0.307 e. The van der Waals surface area contributed by atoms with Crippen molar-refractivity contribution in [2.45, 2.75) is 52.5 Å². The van der Waals surface area contributed by atoms with E-state index in [1.807, 2.05) is 6.92 Å². The Bertz CT molecular complexity index is 506. The lowest BCUT2D eigenvalue weighted by atomic mass is 9.83. The zero-order valence-corrected chi connectivity index (χ0v) is 13.7. The number of esters is 1. The third-order valence-corrected chi connectivity index (χ3v) is 4.57. The Labute approximate surface area is 128 Å². The molecule has 0 bridgehead atoms. The Hall–Kier alpha value is -1.35. The SMILES string of the molecule is CCOC(=O)CC(C)(c1cc(C)ccc1C)N1CCCC1. The van der Waals surface area contributed by atoms with Gasteiger partial charge in [0.25, 0.3) is 0 Å².